The summed E-state index contributed by atoms with van der Waals surface area (Å²) in [6, 6.07) is 8.73. The Bertz CT molecular complexity index is 334. The van der Waals surface area contributed by atoms with Gasteiger partial charge >= 0.3 is 0 Å². The molecular weight excluding hydrogens is 242 g/mol. The van der Waals surface area contributed by atoms with Gasteiger partial charge in [0.2, 0.25) is 0 Å². The molecule has 0 saturated carbocycles. The summed E-state index contributed by atoms with van der Waals surface area (Å²) in [5, 5.41) is 4.49. The van der Waals surface area contributed by atoms with Crippen LogP contribution in [-0.4, -0.2) is 12.6 Å². The van der Waals surface area contributed by atoms with Crippen LogP contribution in [0.25, 0.3) is 0 Å². The van der Waals surface area contributed by atoms with E-state index in [0.717, 1.165) is 23.9 Å². The van der Waals surface area contributed by atoms with Gasteiger partial charge in [-0.1, -0.05) is 63.4 Å². The van der Waals surface area contributed by atoms with Crippen LogP contribution in [0.4, 0.5) is 0 Å². The second-order valence-corrected chi connectivity index (χ2v) is 5.38. The van der Waals surface area contributed by atoms with Gasteiger partial charge in [0.15, 0.2) is 0 Å². The number of hydrogen-bond acceptors (Lipinski definition) is 1. The predicted molar refractivity (Wildman–Crippen MR) is 81.3 cm³/mol. The highest BCUT2D eigenvalue weighted by atomic mass is 35.5. The minimum Gasteiger partial charge on any atom is -0.314 e. The maximum atomic E-state index is 6.25. The van der Waals surface area contributed by atoms with Gasteiger partial charge in [0.05, 0.1) is 0 Å². The average Bonchev–Trinajstić information content (AvgIpc) is 2.38. The number of hydrogen-bond donors (Lipinski definition) is 1. The molecule has 1 N–H and O–H groups in total. The van der Waals surface area contributed by atoms with E-state index in [4.69, 9.17) is 11.6 Å². The lowest BCUT2D eigenvalue weighted by atomic mass is 9.91. The fourth-order valence-electron chi connectivity index (χ4n) is 2.48. The minimum absolute atomic E-state index is 0.541. The van der Waals surface area contributed by atoms with E-state index in [1.54, 1.807) is 0 Å². The van der Waals surface area contributed by atoms with Crippen LogP contribution >= 0.6 is 11.6 Å². The molecule has 1 unspecified atom stereocenters. The lowest BCUT2D eigenvalue weighted by molar-refractivity contribution is 0.367. The zero-order chi connectivity index (χ0) is 13.4. The molecule has 1 atom stereocenters. The zero-order valence-corrected chi connectivity index (χ0v) is 12.6. The van der Waals surface area contributed by atoms with E-state index in [-0.39, 0.29) is 0 Å². The summed E-state index contributed by atoms with van der Waals surface area (Å²) in [4.78, 5) is 0. The molecule has 0 saturated heterocycles. The highest BCUT2D eigenvalue weighted by Gasteiger charge is 2.14. The second kappa shape index (κ2) is 8.55. The molecule has 0 heterocycles. The van der Waals surface area contributed by atoms with Gasteiger partial charge in [-0.05, 0) is 36.9 Å². The first-order valence-electron chi connectivity index (χ1n) is 7.17. The Morgan fingerprint density at radius 3 is 2.33 bits per heavy atom. The Morgan fingerprint density at radius 1 is 1.11 bits per heavy atom. The zero-order valence-electron chi connectivity index (χ0n) is 11.9. The maximum absolute atomic E-state index is 6.25. The molecule has 1 rings (SSSR count). The lowest BCUT2D eigenvalue weighted by Crippen LogP contribution is -2.33. The molecule has 0 spiro atoms. The largest absolute Gasteiger partial charge is 0.314 e. The van der Waals surface area contributed by atoms with Crippen molar-refractivity contribution in [1.29, 1.82) is 0 Å². The van der Waals surface area contributed by atoms with Crippen molar-refractivity contribution in [3.63, 3.8) is 0 Å². The molecular formula is C16H26ClN. The summed E-state index contributed by atoms with van der Waals surface area (Å²) < 4.78 is 0. The van der Waals surface area contributed by atoms with Crippen molar-refractivity contribution in [1.82, 2.24) is 5.32 Å². The quantitative estimate of drug-likeness (QED) is 0.721. The van der Waals surface area contributed by atoms with Gasteiger partial charge in [-0.2, -0.15) is 0 Å². The van der Waals surface area contributed by atoms with E-state index in [9.17, 15) is 0 Å². The van der Waals surface area contributed by atoms with Crippen LogP contribution in [0.2, 0.25) is 5.02 Å². The van der Waals surface area contributed by atoms with Crippen LogP contribution in [-0.2, 0) is 6.42 Å². The van der Waals surface area contributed by atoms with Gasteiger partial charge in [-0.3, -0.25) is 0 Å². The van der Waals surface area contributed by atoms with Crippen LogP contribution < -0.4 is 5.32 Å². The first-order chi connectivity index (χ1) is 8.71. The molecule has 1 aromatic rings. The summed E-state index contributed by atoms with van der Waals surface area (Å²) in [6.07, 6.45) is 4.80. The number of likely N-dealkylation sites (N-methyl/N-ethyl adjacent to an activating group) is 1. The van der Waals surface area contributed by atoms with E-state index < -0.39 is 0 Å². The predicted octanol–water partition coefficient (Wildman–Crippen LogP) is 4.69. The SMILES string of the molecule is CCNC(Cc1ccccc1Cl)CC(CC)CC. The summed E-state index contributed by atoms with van der Waals surface area (Å²) in [5.74, 6) is 0.816. The molecule has 0 amide bonds. The first-order valence-corrected chi connectivity index (χ1v) is 7.55. The second-order valence-electron chi connectivity index (χ2n) is 4.97. The highest BCUT2D eigenvalue weighted by molar-refractivity contribution is 6.31. The fourth-order valence-corrected chi connectivity index (χ4v) is 2.69. The molecule has 0 fully saturated rings. The molecule has 102 valence electrons. The van der Waals surface area contributed by atoms with Crippen LogP contribution in [0.3, 0.4) is 0 Å². The minimum atomic E-state index is 0.541. The molecule has 18 heavy (non-hydrogen) atoms. The van der Waals surface area contributed by atoms with Crippen molar-refractivity contribution >= 4 is 11.6 Å². The van der Waals surface area contributed by atoms with Gasteiger partial charge in [0, 0.05) is 11.1 Å². The van der Waals surface area contributed by atoms with E-state index in [1.165, 1.54) is 24.8 Å². The molecule has 0 aliphatic rings. The van der Waals surface area contributed by atoms with Gasteiger partial charge < -0.3 is 5.32 Å². The molecule has 1 nitrogen and oxygen atoms in total. The Morgan fingerprint density at radius 2 is 1.78 bits per heavy atom. The van der Waals surface area contributed by atoms with Crippen molar-refractivity contribution in [2.75, 3.05) is 6.54 Å². The summed E-state index contributed by atoms with van der Waals surface area (Å²) in [7, 11) is 0. The molecule has 0 bridgehead atoms. The summed E-state index contributed by atoms with van der Waals surface area (Å²) >= 11 is 6.25. The average molecular weight is 268 g/mol. The van der Waals surface area contributed by atoms with Gasteiger partial charge in [0.25, 0.3) is 0 Å². The first kappa shape index (κ1) is 15.5. The lowest BCUT2D eigenvalue weighted by Gasteiger charge is -2.23. The molecule has 2 heteroatoms. The van der Waals surface area contributed by atoms with Crippen molar-refractivity contribution in [2.24, 2.45) is 5.92 Å². The normalized spacial score (nSPS) is 12.9. The Balaban J connectivity index is 2.65. The van der Waals surface area contributed by atoms with Gasteiger partial charge in [-0.25, -0.2) is 0 Å². The standard InChI is InChI=1S/C16H26ClN/c1-4-13(5-2)11-15(18-6-3)12-14-9-7-8-10-16(14)17/h7-10,13,15,18H,4-6,11-12H2,1-3H3. The molecule has 0 aliphatic heterocycles. The van der Waals surface area contributed by atoms with Crippen molar-refractivity contribution in [3.8, 4) is 0 Å². The highest BCUT2D eigenvalue weighted by Crippen LogP contribution is 2.21. The number of benzene rings is 1. The topological polar surface area (TPSA) is 12.0 Å². The smallest absolute Gasteiger partial charge is 0.0438 e. The third-order valence-electron chi connectivity index (χ3n) is 3.69. The maximum Gasteiger partial charge on any atom is 0.0438 e. The van der Waals surface area contributed by atoms with Gasteiger partial charge in [-0.15, -0.1) is 0 Å². The Kier molecular flexibility index (Phi) is 7.38. The number of nitrogens with one attached hydrogen (secondary N) is 1. The van der Waals surface area contributed by atoms with Crippen molar-refractivity contribution in [2.45, 2.75) is 52.5 Å². The van der Waals surface area contributed by atoms with Crippen LogP contribution in [0, 0.1) is 5.92 Å². The van der Waals surface area contributed by atoms with Crippen LogP contribution in [0.15, 0.2) is 24.3 Å². The van der Waals surface area contributed by atoms with E-state index in [1.807, 2.05) is 12.1 Å². The Labute approximate surface area is 117 Å². The number of rotatable bonds is 8. The molecule has 0 aromatic heterocycles. The van der Waals surface area contributed by atoms with Crippen molar-refractivity contribution < 1.29 is 0 Å². The Hall–Kier alpha value is -0.530. The van der Waals surface area contributed by atoms with E-state index in [2.05, 4.69) is 38.2 Å². The molecule has 1 aromatic carbocycles. The third kappa shape index (κ3) is 4.99. The van der Waals surface area contributed by atoms with Gasteiger partial charge in [0.1, 0.15) is 0 Å². The molecule has 0 radical (unpaired) electrons. The summed E-state index contributed by atoms with van der Waals surface area (Å²) in [6.45, 7) is 7.76. The summed E-state index contributed by atoms with van der Waals surface area (Å²) in [5.41, 5.74) is 1.26. The fraction of sp³-hybridized carbons (Fsp3) is 0.625. The van der Waals surface area contributed by atoms with E-state index >= 15 is 0 Å². The molecule has 0 aliphatic carbocycles. The van der Waals surface area contributed by atoms with E-state index in [0.29, 0.717) is 6.04 Å². The number of halogens is 1. The monoisotopic (exact) mass is 267 g/mol. The third-order valence-corrected chi connectivity index (χ3v) is 4.06. The van der Waals surface area contributed by atoms with Crippen molar-refractivity contribution in [3.05, 3.63) is 34.9 Å². The van der Waals surface area contributed by atoms with Crippen LogP contribution in [0.5, 0.6) is 0 Å². The van der Waals surface area contributed by atoms with Crippen LogP contribution in [0.1, 0.15) is 45.6 Å².